The number of ether oxygens (including phenoxy) is 1. The Labute approximate surface area is 121 Å². The van der Waals surface area contributed by atoms with Gasteiger partial charge >= 0.3 is 0 Å². The maximum atomic E-state index is 12.4. The Morgan fingerprint density at radius 3 is 2.86 bits per heavy atom. The van der Waals surface area contributed by atoms with Crippen molar-refractivity contribution in [1.29, 1.82) is 0 Å². The summed E-state index contributed by atoms with van der Waals surface area (Å²) in [5.41, 5.74) is -0.586. The van der Waals surface area contributed by atoms with Gasteiger partial charge in [-0.1, -0.05) is 12.1 Å². The van der Waals surface area contributed by atoms with Crippen molar-refractivity contribution in [2.24, 2.45) is 0 Å². The molecule has 0 spiro atoms. The number of carbonyl (C=O) groups is 2. The summed E-state index contributed by atoms with van der Waals surface area (Å²) in [7, 11) is 0. The average Bonchev–Trinajstić information content (AvgIpc) is 2.49. The molecule has 1 atom stereocenters. The largest absolute Gasteiger partial charge is 0.466 e. The van der Waals surface area contributed by atoms with Crippen molar-refractivity contribution in [2.45, 2.75) is 12.5 Å². The number of rotatable bonds is 2. The number of benzene rings is 1. The van der Waals surface area contributed by atoms with Gasteiger partial charge in [-0.05, 0) is 31.2 Å². The Balaban J connectivity index is 1.87. The third-order valence-corrected chi connectivity index (χ3v) is 3.24. The molecular weight excluding hydrogens is 270 g/mol. The summed E-state index contributed by atoms with van der Waals surface area (Å²) in [6.07, 6.45) is 3.09. The number of fused-ring (bicyclic) bond motifs is 1. The van der Waals surface area contributed by atoms with Gasteiger partial charge in [-0.15, -0.1) is 0 Å². The maximum absolute atomic E-state index is 12.4. The standard InChI is InChI=1S/C15H13N3O3/c1-15(13(19)17-10-5-4-8-16-9-10)14(20)18-11-6-2-3-7-12(11)21-15/h2-9H,1H3,(H,17,19)(H,18,20)/t15-/m1/s1. The summed E-state index contributed by atoms with van der Waals surface area (Å²) in [4.78, 5) is 28.5. The van der Waals surface area contributed by atoms with Gasteiger partial charge in [-0.2, -0.15) is 0 Å². The number of nitrogens with one attached hydrogen (secondary N) is 2. The van der Waals surface area contributed by atoms with Crippen LogP contribution in [-0.2, 0) is 9.59 Å². The van der Waals surface area contributed by atoms with E-state index in [9.17, 15) is 9.59 Å². The van der Waals surface area contributed by atoms with Crippen LogP contribution >= 0.6 is 0 Å². The Bertz CT molecular complexity index is 702. The van der Waals surface area contributed by atoms with Crippen molar-refractivity contribution in [3.05, 3.63) is 48.8 Å². The summed E-state index contributed by atoms with van der Waals surface area (Å²) >= 11 is 0. The second-order valence-corrected chi connectivity index (χ2v) is 4.78. The van der Waals surface area contributed by atoms with Gasteiger partial charge in [-0.25, -0.2) is 0 Å². The van der Waals surface area contributed by atoms with E-state index in [4.69, 9.17) is 4.74 Å². The van der Waals surface area contributed by atoms with Crippen LogP contribution in [0, 0.1) is 0 Å². The summed E-state index contributed by atoms with van der Waals surface area (Å²) < 4.78 is 5.62. The van der Waals surface area contributed by atoms with E-state index in [0.29, 0.717) is 17.1 Å². The fraction of sp³-hybridized carbons (Fsp3) is 0.133. The molecule has 2 amide bonds. The molecule has 1 aromatic heterocycles. The van der Waals surface area contributed by atoms with E-state index in [1.54, 1.807) is 42.6 Å². The van der Waals surface area contributed by atoms with Crippen LogP contribution in [0.15, 0.2) is 48.8 Å². The summed E-state index contributed by atoms with van der Waals surface area (Å²) in [5.74, 6) is -0.606. The highest BCUT2D eigenvalue weighted by atomic mass is 16.5. The second-order valence-electron chi connectivity index (χ2n) is 4.78. The molecule has 21 heavy (non-hydrogen) atoms. The highest BCUT2D eigenvalue weighted by Crippen LogP contribution is 2.33. The second kappa shape index (κ2) is 4.90. The Morgan fingerprint density at radius 2 is 2.10 bits per heavy atom. The molecule has 0 fully saturated rings. The molecule has 0 unspecified atom stereocenters. The number of hydrogen-bond acceptors (Lipinski definition) is 4. The molecule has 1 aliphatic heterocycles. The van der Waals surface area contributed by atoms with E-state index in [1.807, 2.05) is 0 Å². The Hall–Kier alpha value is -2.89. The van der Waals surface area contributed by atoms with E-state index in [-0.39, 0.29) is 0 Å². The third-order valence-electron chi connectivity index (χ3n) is 3.24. The fourth-order valence-electron chi connectivity index (χ4n) is 2.00. The molecule has 106 valence electrons. The third kappa shape index (κ3) is 2.31. The first-order chi connectivity index (χ1) is 10.1. The highest BCUT2D eigenvalue weighted by molar-refractivity contribution is 6.18. The lowest BCUT2D eigenvalue weighted by Gasteiger charge is -2.33. The van der Waals surface area contributed by atoms with Crippen LogP contribution in [0.1, 0.15) is 6.92 Å². The van der Waals surface area contributed by atoms with Crippen LogP contribution in [0.2, 0.25) is 0 Å². The van der Waals surface area contributed by atoms with Crippen molar-refractivity contribution in [3.8, 4) is 5.75 Å². The maximum Gasteiger partial charge on any atom is 0.278 e. The van der Waals surface area contributed by atoms with Crippen LogP contribution in [0.3, 0.4) is 0 Å². The molecule has 6 nitrogen and oxygen atoms in total. The van der Waals surface area contributed by atoms with Crippen molar-refractivity contribution in [2.75, 3.05) is 10.6 Å². The Kier molecular flexibility index (Phi) is 3.06. The molecule has 2 N–H and O–H groups in total. The number of amides is 2. The van der Waals surface area contributed by atoms with Gasteiger partial charge in [0.1, 0.15) is 5.75 Å². The molecular formula is C15H13N3O3. The highest BCUT2D eigenvalue weighted by Gasteiger charge is 2.47. The molecule has 0 bridgehead atoms. The van der Waals surface area contributed by atoms with Gasteiger partial charge in [0.05, 0.1) is 17.6 Å². The van der Waals surface area contributed by atoms with E-state index in [0.717, 1.165) is 0 Å². The van der Waals surface area contributed by atoms with E-state index < -0.39 is 17.4 Å². The molecule has 2 heterocycles. The normalized spacial score (nSPS) is 20.0. The smallest absolute Gasteiger partial charge is 0.278 e. The molecule has 0 radical (unpaired) electrons. The van der Waals surface area contributed by atoms with Gasteiger partial charge in [-0.3, -0.25) is 14.6 Å². The molecule has 1 aromatic carbocycles. The van der Waals surface area contributed by atoms with Crippen molar-refractivity contribution in [1.82, 2.24) is 4.98 Å². The minimum Gasteiger partial charge on any atom is -0.466 e. The lowest BCUT2D eigenvalue weighted by atomic mass is 10.0. The minimum absolute atomic E-state index is 0.459. The lowest BCUT2D eigenvalue weighted by Crippen LogP contribution is -2.56. The predicted octanol–water partition coefficient (Wildman–Crippen LogP) is 1.81. The summed E-state index contributed by atoms with van der Waals surface area (Å²) in [6, 6.07) is 10.3. The average molecular weight is 283 g/mol. The van der Waals surface area contributed by atoms with Gasteiger partial charge in [0, 0.05) is 6.20 Å². The van der Waals surface area contributed by atoms with Crippen LogP contribution in [-0.4, -0.2) is 22.4 Å². The molecule has 0 aliphatic carbocycles. The first-order valence-electron chi connectivity index (χ1n) is 6.40. The SMILES string of the molecule is C[C@]1(C(=O)Nc2cccnc2)Oc2ccccc2NC1=O. The number of pyridine rings is 1. The number of aromatic nitrogens is 1. The number of carbonyl (C=O) groups excluding carboxylic acids is 2. The first kappa shape index (κ1) is 13.1. The molecule has 0 saturated carbocycles. The summed E-state index contributed by atoms with van der Waals surface area (Å²) in [5, 5.41) is 5.30. The number of nitrogens with zero attached hydrogens (tertiary/aromatic N) is 1. The first-order valence-corrected chi connectivity index (χ1v) is 6.40. The molecule has 2 aromatic rings. The quantitative estimate of drug-likeness (QED) is 0.824. The fourth-order valence-corrected chi connectivity index (χ4v) is 2.00. The molecule has 3 rings (SSSR count). The van der Waals surface area contributed by atoms with E-state index in [2.05, 4.69) is 15.6 Å². The Morgan fingerprint density at radius 1 is 1.29 bits per heavy atom. The number of hydrogen-bond donors (Lipinski definition) is 2. The van der Waals surface area contributed by atoms with Gasteiger partial charge < -0.3 is 15.4 Å². The zero-order valence-electron chi connectivity index (χ0n) is 11.3. The lowest BCUT2D eigenvalue weighted by molar-refractivity contribution is -0.143. The monoisotopic (exact) mass is 283 g/mol. The topological polar surface area (TPSA) is 80.3 Å². The van der Waals surface area contributed by atoms with Crippen molar-refractivity contribution in [3.63, 3.8) is 0 Å². The summed E-state index contributed by atoms with van der Waals surface area (Å²) in [6.45, 7) is 1.43. The number of anilines is 2. The van der Waals surface area contributed by atoms with E-state index in [1.165, 1.54) is 13.1 Å². The van der Waals surface area contributed by atoms with Crippen LogP contribution in [0.25, 0.3) is 0 Å². The van der Waals surface area contributed by atoms with Crippen LogP contribution in [0.4, 0.5) is 11.4 Å². The van der Waals surface area contributed by atoms with Gasteiger partial charge in [0.2, 0.25) is 0 Å². The van der Waals surface area contributed by atoms with Crippen LogP contribution in [0.5, 0.6) is 5.75 Å². The minimum atomic E-state index is -1.63. The molecule has 1 aliphatic rings. The molecule has 0 saturated heterocycles. The number of para-hydroxylation sites is 2. The predicted molar refractivity (Wildman–Crippen MR) is 77.0 cm³/mol. The van der Waals surface area contributed by atoms with Gasteiger partial charge in [0.15, 0.2) is 0 Å². The van der Waals surface area contributed by atoms with Crippen molar-refractivity contribution >= 4 is 23.2 Å². The zero-order valence-corrected chi connectivity index (χ0v) is 11.3. The van der Waals surface area contributed by atoms with Crippen molar-refractivity contribution < 1.29 is 14.3 Å². The van der Waals surface area contributed by atoms with Gasteiger partial charge in [0.25, 0.3) is 17.4 Å². The molecule has 6 heteroatoms. The van der Waals surface area contributed by atoms with E-state index >= 15 is 0 Å². The zero-order chi connectivity index (χ0) is 14.9. The van der Waals surface area contributed by atoms with Crippen LogP contribution < -0.4 is 15.4 Å².